The Labute approximate surface area is 88.2 Å². The van der Waals surface area contributed by atoms with Crippen molar-refractivity contribution in [1.29, 1.82) is 0 Å². The molecule has 2 aromatic rings. The van der Waals surface area contributed by atoms with E-state index in [-0.39, 0.29) is 5.92 Å². The van der Waals surface area contributed by atoms with Crippen molar-refractivity contribution in [2.24, 2.45) is 5.73 Å². The van der Waals surface area contributed by atoms with Crippen molar-refractivity contribution in [1.82, 2.24) is 15.0 Å². The van der Waals surface area contributed by atoms with Crippen LogP contribution in [0.3, 0.4) is 0 Å². The van der Waals surface area contributed by atoms with Crippen molar-refractivity contribution in [3.8, 4) is 0 Å². The molecule has 4 nitrogen and oxygen atoms in total. The monoisotopic (exact) mass is 200 g/mol. The van der Waals surface area contributed by atoms with Crippen molar-refractivity contribution < 1.29 is 0 Å². The number of hydrogen-bond acceptors (Lipinski definition) is 4. The van der Waals surface area contributed by atoms with Crippen LogP contribution in [-0.4, -0.2) is 21.5 Å². The minimum Gasteiger partial charge on any atom is -0.329 e. The number of nitrogens with zero attached hydrogens (tertiary/aromatic N) is 3. The third kappa shape index (κ3) is 2.16. The van der Waals surface area contributed by atoms with Gasteiger partial charge in [-0.3, -0.25) is 4.98 Å². The van der Waals surface area contributed by atoms with Crippen LogP contribution >= 0.6 is 0 Å². The van der Waals surface area contributed by atoms with E-state index in [1.54, 1.807) is 12.4 Å². The van der Waals surface area contributed by atoms with E-state index in [1.165, 1.54) is 6.33 Å². The first kappa shape index (κ1) is 9.73. The van der Waals surface area contributed by atoms with Gasteiger partial charge in [0.1, 0.15) is 6.33 Å². The maximum Gasteiger partial charge on any atom is 0.115 e. The molecule has 0 spiro atoms. The van der Waals surface area contributed by atoms with Gasteiger partial charge < -0.3 is 5.73 Å². The second kappa shape index (κ2) is 4.61. The first-order valence-corrected chi connectivity index (χ1v) is 4.77. The van der Waals surface area contributed by atoms with Gasteiger partial charge in [0.05, 0.1) is 5.69 Å². The van der Waals surface area contributed by atoms with Crippen molar-refractivity contribution >= 4 is 0 Å². The first-order chi connectivity index (χ1) is 7.42. The average molecular weight is 200 g/mol. The largest absolute Gasteiger partial charge is 0.329 e. The standard InChI is InChI=1S/C11H12N4/c12-6-10(9-2-1-4-13-7-9)11-3-5-14-8-15-11/h1-5,7-8,10H,6,12H2. The second-order valence-corrected chi connectivity index (χ2v) is 3.21. The molecular weight excluding hydrogens is 188 g/mol. The third-order valence-corrected chi connectivity index (χ3v) is 2.28. The predicted octanol–water partition coefficient (Wildman–Crippen LogP) is 0.962. The Balaban J connectivity index is 2.34. The van der Waals surface area contributed by atoms with E-state index in [9.17, 15) is 0 Å². The lowest BCUT2D eigenvalue weighted by atomic mass is 9.97. The Hall–Kier alpha value is -1.81. The molecule has 0 aromatic carbocycles. The van der Waals surface area contributed by atoms with E-state index in [0.717, 1.165) is 11.3 Å². The van der Waals surface area contributed by atoms with Crippen LogP contribution in [-0.2, 0) is 0 Å². The summed E-state index contributed by atoms with van der Waals surface area (Å²) in [5.74, 6) is 0.0988. The lowest BCUT2D eigenvalue weighted by Crippen LogP contribution is -2.15. The molecule has 0 amide bonds. The van der Waals surface area contributed by atoms with Crippen LogP contribution in [0.15, 0.2) is 43.1 Å². The van der Waals surface area contributed by atoms with Crippen molar-refractivity contribution in [3.05, 3.63) is 54.4 Å². The summed E-state index contributed by atoms with van der Waals surface area (Å²) >= 11 is 0. The van der Waals surface area contributed by atoms with Crippen LogP contribution in [0, 0.1) is 0 Å². The zero-order chi connectivity index (χ0) is 10.5. The first-order valence-electron chi connectivity index (χ1n) is 4.77. The number of aromatic nitrogens is 3. The molecule has 2 N–H and O–H groups in total. The highest BCUT2D eigenvalue weighted by atomic mass is 14.8. The van der Waals surface area contributed by atoms with Crippen LogP contribution in [0.4, 0.5) is 0 Å². The van der Waals surface area contributed by atoms with Crippen LogP contribution in [0.1, 0.15) is 17.2 Å². The molecule has 15 heavy (non-hydrogen) atoms. The maximum atomic E-state index is 5.75. The highest BCUT2D eigenvalue weighted by molar-refractivity contribution is 5.25. The minimum atomic E-state index is 0.0988. The van der Waals surface area contributed by atoms with Crippen LogP contribution in [0.5, 0.6) is 0 Å². The lowest BCUT2D eigenvalue weighted by molar-refractivity contribution is 0.777. The van der Waals surface area contributed by atoms with E-state index < -0.39 is 0 Å². The van der Waals surface area contributed by atoms with Crippen molar-refractivity contribution in [2.45, 2.75) is 5.92 Å². The molecule has 2 aromatic heterocycles. The summed E-state index contributed by atoms with van der Waals surface area (Å²) in [4.78, 5) is 12.2. The summed E-state index contributed by atoms with van der Waals surface area (Å²) in [6.07, 6.45) is 6.83. The Morgan fingerprint density at radius 3 is 2.73 bits per heavy atom. The molecule has 0 aliphatic carbocycles. The Morgan fingerprint density at radius 2 is 2.13 bits per heavy atom. The highest BCUT2D eigenvalue weighted by Gasteiger charge is 2.12. The van der Waals surface area contributed by atoms with Gasteiger partial charge in [-0.1, -0.05) is 6.07 Å². The molecular formula is C11H12N4. The normalized spacial score (nSPS) is 12.3. The van der Waals surface area contributed by atoms with E-state index in [1.807, 2.05) is 24.4 Å². The number of hydrogen-bond donors (Lipinski definition) is 1. The van der Waals surface area contributed by atoms with Crippen LogP contribution in [0.25, 0.3) is 0 Å². The van der Waals surface area contributed by atoms with Crippen LogP contribution < -0.4 is 5.73 Å². The molecule has 0 radical (unpaired) electrons. The predicted molar refractivity (Wildman–Crippen MR) is 57.2 cm³/mol. The molecule has 0 saturated heterocycles. The number of pyridine rings is 1. The third-order valence-electron chi connectivity index (χ3n) is 2.28. The second-order valence-electron chi connectivity index (χ2n) is 3.21. The molecule has 76 valence electrons. The van der Waals surface area contributed by atoms with E-state index in [2.05, 4.69) is 15.0 Å². The van der Waals surface area contributed by atoms with Gasteiger partial charge in [-0.2, -0.15) is 0 Å². The average Bonchev–Trinajstić information content (AvgIpc) is 2.33. The van der Waals surface area contributed by atoms with Gasteiger partial charge in [-0.15, -0.1) is 0 Å². The van der Waals surface area contributed by atoms with Gasteiger partial charge in [-0.05, 0) is 17.7 Å². The maximum absolute atomic E-state index is 5.75. The fourth-order valence-electron chi connectivity index (χ4n) is 1.52. The minimum absolute atomic E-state index is 0.0988. The van der Waals surface area contributed by atoms with Gasteiger partial charge in [-0.25, -0.2) is 9.97 Å². The summed E-state index contributed by atoms with van der Waals surface area (Å²) in [5, 5.41) is 0. The fourth-order valence-corrected chi connectivity index (χ4v) is 1.52. The molecule has 0 aliphatic rings. The van der Waals surface area contributed by atoms with E-state index in [4.69, 9.17) is 5.73 Å². The zero-order valence-electron chi connectivity index (χ0n) is 8.24. The lowest BCUT2D eigenvalue weighted by Gasteiger charge is -2.13. The summed E-state index contributed by atoms with van der Waals surface area (Å²) in [7, 11) is 0. The van der Waals surface area contributed by atoms with Crippen LogP contribution in [0.2, 0.25) is 0 Å². The molecule has 2 heterocycles. The van der Waals surface area contributed by atoms with E-state index in [0.29, 0.717) is 6.54 Å². The smallest absolute Gasteiger partial charge is 0.115 e. The van der Waals surface area contributed by atoms with Gasteiger partial charge in [0, 0.05) is 31.1 Å². The molecule has 4 heteroatoms. The van der Waals surface area contributed by atoms with E-state index >= 15 is 0 Å². The Bertz CT molecular complexity index is 362. The molecule has 0 aliphatic heterocycles. The van der Waals surface area contributed by atoms with Gasteiger partial charge in [0.25, 0.3) is 0 Å². The summed E-state index contributed by atoms with van der Waals surface area (Å²) < 4.78 is 0. The summed E-state index contributed by atoms with van der Waals surface area (Å²) in [6.45, 7) is 0.517. The topological polar surface area (TPSA) is 64.7 Å². The Kier molecular flexibility index (Phi) is 2.99. The summed E-state index contributed by atoms with van der Waals surface area (Å²) in [5.41, 5.74) is 7.76. The van der Waals surface area contributed by atoms with Gasteiger partial charge >= 0.3 is 0 Å². The van der Waals surface area contributed by atoms with Gasteiger partial charge in [0.15, 0.2) is 0 Å². The number of nitrogens with two attached hydrogens (primary N) is 1. The zero-order valence-corrected chi connectivity index (χ0v) is 8.24. The SMILES string of the molecule is NCC(c1cccnc1)c1ccncn1. The molecule has 0 bridgehead atoms. The number of rotatable bonds is 3. The molecule has 2 rings (SSSR count). The van der Waals surface area contributed by atoms with Crippen molar-refractivity contribution in [2.75, 3.05) is 6.54 Å². The molecule has 1 atom stereocenters. The molecule has 0 saturated carbocycles. The molecule has 1 unspecified atom stereocenters. The summed E-state index contributed by atoms with van der Waals surface area (Å²) in [6, 6.07) is 5.79. The molecule has 0 fully saturated rings. The quantitative estimate of drug-likeness (QED) is 0.801. The fraction of sp³-hybridized carbons (Fsp3) is 0.182. The highest BCUT2D eigenvalue weighted by Crippen LogP contribution is 2.19. The van der Waals surface area contributed by atoms with Gasteiger partial charge in [0.2, 0.25) is 0 Å². The Morgan fingerprint density at radius 1 is 1.20 bits per heavy atom. The van der Waals surface area contributed by atoms with Crippen molar-refractivity contribution in [3.63, 3.8) is 0 Å².